The second-order valence-electron chi connectivity index (χ2n) is 4.40. The first kappa shape index (κ1) is 13.7. The van der Waals surface area contributed by atoms with E-state index in [0.29, 0.717) is 13.0 Å². The molecule has 3 heteroatoms. The number of carbonyl (C=O) groups is 1. The van der Waals surface area contributed by atoms with Crippen LogP contribution in [0.2, 0.25) is 0 Å². The van der Waals surface area contributed by atoms with E-state index >= 15 is 0 Å². The van der Waals surface area contributed by atoms with Crippen LogP contribution < -0.4 is 0 Å². The SMILES string of the molecule is CCCO[C@@H](Cc1cc(C)cc(C)c1)C(=O)O. The van der Waals surface area contributed by atoms with Gasteiger partial charge >= 0.3 is 5.97 Å². The molecular weight excluding hydrogens is 216 g/mol. The molecule has 1 rings (SSSR count). The van der Waals surface area contributed by atoms with E-state index in [-0.39, 0.29) is 0 Å². The average molecular weight is 236 g/mol. The summed E-state index contributed by atoms with van der Waals surface area (Å²) in [5.74, 6) is -0.891. The summed E-state index contributed by atoms with van der Waals surface area (Å²) in [4.78, 5) is 11.1. The molecule has 0 radical (unpaired) electrons. The van der Waals surface area contributed by atoms with Crippen molar-refractivity contribution in [2.75, 3.05) is 6.61 Å². The lowest BCUT2D eigenvalue weighted by molar-refractivity contribution is -0.150. The Morgan fingerprint density at radius 1 is 1.29 bits per heavy atom. The zero-order valence-corrected chi connectivity index (χ0v) is 10.7. The largest absolute Gasteiger partial charge is 0.479 e. The van der Waals surface area contributed by atoms with Crippen molar-refractivity contribution in [1.82, 2.24) is 0 Å². The first-order chi connectivity index (χ1) is 8.02. The van der Waals surface area contributed by atoms with Crippen molar-refractivity contribution in [1.29, 1.82) is 0 Å². The molecule has 0 aliphatic carbocycles. The molecule has 0 saturated carbocycles. The van der Waals surface area contributed by atoms with Crippen LogP contribution in [0.25, 0.3) is 0 Å². The third kappa shape index (κ3) is 4.57. The Kier molecular flexibility index (Phi) is 5.16. The molecule has 0 aliphatic rings. The van der Waals surface area contributed by atoms with Crippen molar-refractivity contribution >= 4 is 5.97 Å². The van der Waals surface area contributed by atoms with Gasteiger partial charge in [0.05, 0.1) is 0 Å². The molecule has 1 aromatic rings. The Morgan fingerprint density at radius 2 is 1.88 bits per heavy atom. The summed E-state index contributed by atoms with van der Waals surface area (Å²) in [6.07, 6.45) is 0.519. The minimum atomic E-state index is -0.891. The van der Waals surface area contributed by atoms with Crippen LogP contribution in [0, 0.1) is 13.8 Å². The number of ether oxygens (including phenoxy) is 1. The molecule has 17 heavy (non-hydrogen) atoms. The molecule has 0 heterocycles. The minimum Gasteiger partial charge on any atom is -0.479 e. The van der Waals surface area contributed by atoms with E-state index < -0.39 is 12.1 Å². The van der Waals surface area contributed by atoms with Gasteiger partial charge in [-0.15, -0.1) is 0 Å². The number of rotatable bonds is 6. The predicted octanol–water partition coefficient (Wildman–Crippen LogP) is 2.73. The summed E-state index contributed by atoms with van der Waals surface area (Å²) in [5, 5.41) is 9.07. The Bertz CT molecular complexity index is 365. The molecule has 0 amide bonds. The molecule has 1 aromatic carbocycles. The van der Waals surface area contributed by atoms with Crippen LogP contribution in [0.5, 0.6) is 0 Å². The monoisotopic (exact) mass is 236 g/mol. The molecule has 1 atom stereocenters. The highest BCUT2D eigenvalue weighted by Gasteiger charge is 2.18. The summed E-state index contributed by atoms with van der Waals surface area (Å²) in [5.41, 5.74) is 3.32. The quantitative estimate of drug-likeness (QED) is 0.826. The van der Waals surface area contributed by atoms with Crippen molar-refractivity contribution in [3.8, 4) is 0 Å². The van der Waals surface area contributed by atoms with Gasteiger partial charge in [0.1, 0.15) is 0 Å². The van der Waals surface area contributed by atoms with Gasteiger partial charge < -0.3 is 9.84 Å². The lowest BCUT2D eigenvalue weighted by Crippen LogP contribution is -2.26. The molecule has 94 valence electrons. The maximum atomic E-state index is 11.1. The predicted molar refractivity (Wildman–Crippen MR) is 67.3 cm³/mol. The second kappa shape index (κ2) is 6.40. The smallest absolute Gasteiger partial charge is 0.333 e. The highest BCUT2D eigenvalue weighted by Crippen LogP contribution is 2.12. The number of hydrogen-bond acceptors (Lipinski definition) is 2. The van der Waals surface area contributed by atoms with Crippen molar-refractivity contribution < 1.29 is 14.6 Å². The van der Waals surface area contributed by atoms with Gasteiger partial charge in [-0.2, -0.15) is 0 Å². The number of carboxylic acids is 1. The summed E-state index contributed by atoms with van der Waals surface area (Å²) >= 11 is 0. The van der Waals surface area contributed by atoms with Gasteiger partial charge in [-0.1, -0.05) is 36.2 Å². The first-order valence-corrected chi connectivity index (χ1v) is 5.94. The fourth-order valence-corrected chi connectivity index (χ4v) is 1.88. The summed E-state index contributed by atoms with van der Waals surface area (Å²) in [7, 11) is 0. The molecule has 0 spiro atoms. The van der Waals surface area contributed by atoms with Gasteiger partial charge in [-0.3, -0.25) is 0 Å². The molecule has 0 unspecified atom stereocenters. The average Bonchev–Trinajstić information content (AvgIpc) is 2.22. The molecule has 3 nitrogen and oxygen atoms in total. The Balaban J connectivity index is 2.74. The minimum absolute atomic E-state index is 0.428. The molecule has 0 aliphatic heterocycles. The number of hydrogen-bond donors (Lipinski definition) is 1. The zero-order valence-electron chi connectivity index (χ0n) is 10.7. The topological polar surface area (TPSA) is 46.5 Å². The third-order valence-corrected chi connectivity index (χ3v) is 2.50. The van der Waals surface area contributed by atoms with Crippen molar-refractivity contribution in [3.05, 3.63) is 34.9 Å². The van der Waals surface area contributed by atoms with Crippen LogP contribution in [-0.4, -0.2) is 23.8 Å². The number of aryl methyl sites for hydroxylation is 2. The van der Waals surface area contributed by atoms with Crippen molar-refractivity contribution in [2.45, 2.75) is 39.7 Å². The number of benzene rings is 1. The Labute approximate surface area is 102 Å². The standard InChI is InChI=1S/C14H20O3/c1-4-5-17-13(14(15)16)9-12-7-10(2)6-11(3)8-12/h6-8,13H,4-5,9H2,1-3H3,(H,15,16)/t13-/m0/s1. The van der Waals surface area contributed by atoms with E-state index in [2.05, 4.69) is 6.07 Å². The van der Waals surface area contributed by atoms with E-state index in [9.17, 15) is 4.79 Å². The van der Waals surface area contributed by atoms with E-state index in [1.807, 2.05) is 32.9 Å². The van der Waals surface area contributed by atoms with Crippen LogP contribution in [0.1, 0.15) is 30.0 Å². The van der Waals surface area contributed by atoms with Gasteiger partial charge in [0.15, 0.2) is 6.10 Å². The second-order valence-corrected chi connectivity index (χ2v) is 4.40. The van der Waals surface area contributed by atoms with E-state index in [4.69, 9.17) is 9.84 Å². The van der Waals surface area contributed by atoms with Crippen LogP contribution in [-0.2, 0) is 16.0 Å². The number of aliphatic carboxylic acids is 1. The Morgan fingerprint density at radius 3 is 2.35 bits per heavy atom. The first-order valence-electron chi connectivity index (χ1n) is 5.94. The maximum Gasteiger partial charge on any atom is 0.333 e. The molecule has 0 fully saturated rings. The fraction of sp³-hybridized carbons (Fsp3) is 0.500. The normalized spacial score (nSPS) is 12.4. The summed E-state index contributed by atoms with van der Waals surface area (Å²) in [6, 6.07) is 6.10. The van der Waals surface area contributed by atoms with Crippen LogP contribution in [0.3, 0.4) is 0 Å². The molecular formula is C14H20O3. The zero-order chi connectivity index (χ0) is 12.8. The van der Waals surface area contributed by atoms with Crippen molar-refractivity contribution in [3.63, 3.8) is 0 Å². The highest BCUT2D eigenvalue weighted by molar-refractivity contribution is 5.72. The van der Waals surface area contributed by atoms with Crippen LogP contribution >= 0.6 is 0 Å². The molecule has 1 N–H and O–H groups in total. The van der Waals surface area contributed by atoms with Crippen molar-refractivity contribution in [2.24, 2.45) is 0 Å². The maximum absolute atomic E-state index is 11.1. The molecule has 0 saturated heterocycles. The van der Waals surface area contributed by atoms with E-state index in [1.165, 1.54) is 0 Å². The molecule has 0 aromatic heterocycles. The van der Waals surface area contributed by atoms with Crippen LogP contribution in [0.15, 0.2) is 18.2 Å². The van der Waals surface area contributed by atoms with Gasteiger partial charge in [0.25, 0.3) is 0 Å². The van der Waals surface area contributed by atoms with Gasteiger partial charge in [0, 0.05) is 13.0 Å². The van der Waals surface area contributed by atoms with Gasteiger partial charge in [-0.25, -0.2) is 4.79 Å². The Hall–Kier alpha value is -1.35. The van der Waals surface area contributed by atoms with Crippen LogP contribution in [0.4, 0.5) is 0 Å². The summed E-state index contributed by atoms with van der Waals surface area (Å²) < 4.78 is 5.34. The summed E-state index contributed by atoms with van der Waals surface area (Å²) in [6.45, 7) is 6.48. The highest BCUT2D eigenvalue weighted by atomic mass is 16.5. The fourth-order valence-electron chi connectivity index (χ4n) is 1.88. The third-order valence-electron chi connectivity index (χ3n) is 2.50. The lowest BCUT2D eigenvalue weighted by atomic mass is 10.0. The van der Waals surface area contributed by atoms with E-state index in [1.54, 1.807) is 0 Å². The van der Waals surface area contributed by atoms with E-state index in [0.717, 1.165) is 23.1 Å². The van der Waals surface area contributed by atoms with Gasteiger partial charge in [-0.05, 0) is 25.8 Å². The molecule has 0 bridgehead atoms. The number of carboxylic acid groups (broad SMARTS) is 1. The van der Waals surface area contributed by atoms with Gasteiger partial charge in [0.2, 0.25) is 0 Å². The lowest BCUT2D eigenvalue weighted by Gasteiger charge is -2.14.